The minimum absolute atomic E-state index is 0.00147. The average molecular weight is 1040 g/mol. The lowest BCUT2D eigenvalue weighted by atomic mass is 10.1. The second-order valence-electron chi connectivity index (χ2n) is 14.7. The Morgan fingerprint density at radius 1 is 1.09 bits per heavy atom. The average Bonchev–Trinajstić information content (AvgIpc) is 3.97. The number of benzene rings is 1. The summed E-state index contributed by atoms with van der Waals surface area (Å²) in [6.07, 6.45) is -8.85. The van der Waals surface area contributed by atoms with E-state index in [1.165, 1.54) is 71.0 Å². The van der Waals surface area contributed by atoms with Crippen molar-refractivity contribution in [1.29, 1.82) is 0 Å². The van der Waals surface area contributed by atoms with Crippen molar-refractivity contribution in [2.45, 2.75) is 75.9 Å². The lowest BCUT2D eigenvalue weighted by molar-refractivity contribution is -0.385. The molecule has 8 N–H and O–H groups in total. The normalized spacial score (nSPS) is 23.0. The van der Waals surface area contributed by atoms with Crippen LogP contribution in [0.15, 0.2) is 41.8 Å². The van der Waals surface area contributed by atoms with Crippen molar-refractivity contribution < 1.29 is 80.7 Å². The maximum atomic E-state index is 14.2. The number of nitrogens with two attached hydrogens (primary N) is 2. The molecule has 0 saturated carbocycles. The number of methoxy groups -OCH3 is 1. The van der Waals surface area contributed by atoms with Crippen LogP contribution in [0.4, 0.5) is 22.1 Å². The number of esters is 1. The van der Waals surface area contributed by atoms with Crippen LogP contribution in [0.5, 0.6) is 5.75 Å². The molecule has 3 aromatic heterocycles. The third-order valence-electron chi connectivity index (χ3n) is 10.2. The van der Waals surface area contributed by atoms with E-state index in [1.807, 2.05) is 6.92 Å². The fraction of sp³-hybridized carbons (Fsp3) is 0.514. The van der Waals surface area contributed by atoms with E-state index in [1.54, 1.807) is 6.92 Å². The summed E-state index contributed by atoms with van der Waals surface area (Å²) in [6.45, 7) is 1.01. The molecule has 1 unspecified atom stereocenters. The zero-order chi connectivity index (χ0) is 49.7. The van der Waals surface area contributed by atoms with Crippen molar-refractivity contribution in [2.75, 3.05) is 50.3 Å². The smallest absolute Gasteiger partial charge is 0.472 e. The van der Waals surface area contributed by atoms with Crippen molar-refractivity contribution in [3.63, 3.8) is 0 Å². The first kappa shape index (κ1) is 52.4. The minimum Gasteiger partial charge on any atom is -0.496 e. The molecular weight excluding hydrogens is 991 g/mol. The molecule has 1 amide bonds. The number of nitro benzene ring substituents is 1. The number of rotatable bonds is 21. The number of aliphatic hydroxyl groups is 1. The summed E-state index contributed by atoms with van der Waals surface area (Å²) in [5.74, 6) is -0.484. The largest absolute Gasteiger partial charge is 0.496 e. The van der Waals surface area contributed by atoms with E-state index >= 15 is 0 Å². The number of ether oxygens (including phenoxy) is 5. The standard InChI is InChI=1S/C35H46N10O19P2S2/c1-5-67-68-14-20(42(3)35(49)58-11-18-9-21(57-4)17(2)8-19(18)45(50)51)33(47)63-29-24(62-32(28(29)46)44-16-40-27-30(37)38-15-39-31(27)44)13-60-66(55,56)64-22-10-26(43-7-6-25(36)41-34(43)48)61-23(22)12-59-65(52,53)54/h6-9,15-16,20,22-24,26,28-29,32,46H,5,10-14H2,1-4H3,(H,55,56)(H2,36,41,48)(H2,37,38,39)(H2,52,53,54)/t20-,22-,23+,24+,26+,28+,29+,32+/m0/s1. The van der Waals surface area contributed by atoms with Gasteiger partial charge in [-0.3, -0.25) is 37.7 Å². The van der Waals surface area contributed by atoms with Crippen LogP contribution >= 0.6 is 37.2 Å². The SMILES string of the molecule is CCSSC[C@@H](C(=O)O[C@H]1[C@@H](O)[C@H](n2cnc3c(N)ncnc32)O[C@@H]1COP(=O)(O)O[C@H]1C[C@H](n2ccc(N)nc2=O)O[C@@H]1COP(=O)(O)O)N(C)C(=O)OCc1cc(OC)c(C)cc1[N+](=O)[O-]. The van der Waals surface area contributed by atoms with Gasteiger partial charge < -0.3 is 54.9 Å². The van der Waals surface area contributed by atoms with Gasteiger partial charge in [0.2, 0.25) is 0 Å². The zero-order valence-electron chi connectivity index (χ0n) is 36.2. The number of phosphoric ester groups is 2. The second kappa shape index (κ2) is 22.2. The van der Waals surface area contributed by atoms with E-state index in [4.69, 9.17) is 44.2 Å². The number of nitrogen functional groups attached to an aromatic ring is 2. The number of carbonyl (C=O) groups is 2. The molecule has 0 spiro atoms. The summed E-state index contributed by atoms with van der Waals surface area (Å²) < 4.78 is 71.0. The number of aryl methyl sites for hydroxylation is 1. The Hall–Kier alpha value is -5.01. The molecule has 2 saturated heterocycles. The Morgan fingerprint density at radius 2 is 1.82 bits per heavy atom. The Kier molecular flexibility index (Phi) is 17.1. The first-order valence-corrected chi connectivity index (χ1v) is 25.4. The summed E-state index contributed by atoms with van der Waals surface area (Å²) in [7, 11) is -5.30. The molecule has 29 nitrogen and oxygen atoms in total. The molecule has 1 aromatic carbocycles. The second-order valence-corrected chi connectivity index (χ2v) is 20.2. The summed E-state index contributed by atoms with van der Waals surface area (Å²) in [5, 5.41) is 23.6. The lowest BCUT2D eigenvalue weighted by Gasteiger charge is -2.29. The monoisotopic (exact) mass is 1040 g/mol. The topological polar surface area (TPSA) is 400 Å². The molecule has 372 valence electrons. The highest BCUT2D eigenvalue weighted by Gasteiger charge is 2.50. The van der Waals surface area contributed by atoms with Crippen LogP contribution in [0.3, 0.4) is 0 Å². The number of nitro groups is 1. The first-order valence-electron chi connectivity index (χ1n) is 19.9. The summed E-state index contributed by atoms with van der Waals surface area (Å²) in [5.41, 5.74) is 10.9. The molecule has 0 aliphatic carbocycles. The molecule has 2 fully saturated rings. The molecule has 5 heterocycles. The minimum atomic E-state index is -5.29. The van der Waals surface area contributed by atoms with E-state index in [9.17, 15) is 53.4 Å². The third-order valence-corrected chi connectivity index (χ3v) is 14.2. The van der Waals surface area contributed by atoms with Gasteiger partial charge in [0.15, 0.2) is 23.8 Å². The van der Waals surface area contributed by atoms with Crippen LogP contribution in [-0.4, -0.2) is 146 Å². The van der Waals surface area contributed by atoms with Crippen molar-refractivity contribution in [3.05, 3.63) is 68.8 Å². The van der Waals surface area contributed by atoms with Crippen LogP contribution in [0.25, 0.3) is 11.2 Å². The summed E-state index contributed by atoms with van der Waals surface area (Å²) in [6, 6.07) is 2.42. The van der Waals surface area contributed by atoms with E-state index in [-0.39, 0.29) is 46.2 Å². The number of hydrogen-bond acceptors (Lipinski definition) is 24. The van der Waals surface area contributed by atoms with Gasteiger partial charge in [0.25, 0.3) is 5.69 Å². The van der Waals surface area contributed by atoms with Gasteiger partial charge in [-0.1, -0.05) is 28.5 Å². The first-order chi connectivity index (χ1) is 32.1. The highest BCUT2D eigenvalue weighted by atomic mass is 33.1. The number of anilines is 2. The fourth-order valence-electron chi connectivity index (χ4n) is 6.94. The summed E-state index contributed by atoms with van der Waals surface area (Å²) >= 11 is 0. The number of hydrogen-bond donors (Lipinski definition) is 6. The predicted molar refractivity (Wildman–Crippen MR) is 236 cm³/mol. The van der Waals surface area contributed by atoms with E-state index in [0.717, 1.165) is 15.8 Å². The molecular formula is C35H46N10O19P2S2. The molecule has 9 atom stereocenters. The third kappa shape index (κ3) is 12.6. The lowest BCUT2D eigenvalue weighted by Crippen LogP contribution is -2.48. The number of nitrogens with zero attached hydrogens (tertiary/aromatic N) is 8. The van der Waals surface area contributed by atoms with Crippen molar-refractivity contribution in [2.24, 2.45) is 0 Å². The quantitative estimate of drug-likeness (QED) is 0.0172. The highest BCUT2D eigenvalue weighted by molar-refractivity contribution is 8.76. The molecule has 33 heteroatoms. The number of carbonyl (C=O) groups excluding carboxylic acids is 2. The van der Waals surface area contributed by atoms with Gasteiger partial charge in [-0.25, -0.2) is 38.5 Å². The summed E-state index contributed by atoms with van der Waals surface area (Å²) in [4.78, 5) is 97.9. The van der Waals surface area contributed by atoms with Gasteiger partial charge in [-0.05, 0) is 24.6 Å². The zero-order valence-corrected chi connectivity index (χ0v) is 39.6. The van der Waals surface area contributed by atoms with Crippen molar-refractivity contribution in [3.8, 4) is 5.75 Å². The molecule has 0 radical (unpaired) electrons. The van der Waals surface area contributed by atoms with Crippen LogP contribution in [-0.2, 0) is 53.1 Å². The number of fused-ring (bicyclic) bond motifs is 1. The molecule has 0 bridgehead atoms. The molecule has 6 rings (SSSR count). The van der Waals surface area contributed by atoms with Gasteiger partial charge >= 0.3 is 33.4 Å². The molecule has 68 heavy (non-hydrogen) atoms. The number of amides is 1. The van der Waals surface area contributed by atoms with E-state index in [0.29, 0.717) is 17.1 Å². The Balaban J connectivity index is 1.23. The van der Waals surface area contributed by atoms with Crippen molar-refractivity contribution in [1.82, 2.24) is 34.0 Å². The number of phosphoric acid groups is 2. The van der Waals surface area contributed by atoms with Gasteiger partial charge in [-0.15, -0.1) is 0 Å². The van der Waals surface area contributed by atoms with Crippen LogP contribution in [0, 0.1) is 17.0 Å². The number of imidazole rings is 1. The molecule has 2 aliphatic rings. The van der Waals surface area contributed by atoms with Crippen LogP contribution in [0.2, 0.25) is 0 Å². The van der Waals surface area contributed by atoms with Gasteiger partial charge in [0, 0.05) is 37.2 Å². The fourth-order valence-corrected chi connectivity index (χ4v) is 10.2. The van der Waals surface area contributed by atoms with E-state index < -0.39 is 107 Å². The van der Waals surface area contributed by atoms with Gasteiger partial charge in [0.05, 0.1) is 37.1 Å². The van der Waals surface area contributed by atoms with Crippen LogP contribution in [0.1, 0.15) is 36.9 Å². The van der Waals surface area contributed by atoms with Gasteiger partial charge in [-0.2, -0.15) is 4.98 Å². The van der Waals surface area contributed by atoms with E-state index in [2.05, 4.69) is 24.5 Å². The molecule has 2 aliphatic heterocycles. The number of aliphatic hydroxyl groups excluding tert-OH is 1. The van der Waals surface area contributed by atoms with Crippen LogP contribution < -0.4 is 21.9 Å². The Bertz CT molecular complexity index is 2640. The Labute approximate surface area is 392 Å². The maximum absolute atomic E-state index is 14.2. The Morgan fingerprint density at radius 3 is 2.50 bits per heavy atom. The van der Waals surface area contributed by atoms with Crippen molar-refractivity contribution >= 4 is 77.8 Å². The number of likely N-dealkylation sites (N-methyl/N-ethyl adjacent to an activating group) is 1. The maximum Gasteiger partial charge on any atom is 0.472 e. The highest BCUT2D eigenvalue weighted by Crippen LogP contribution is 2.50. The van der Waals surface area contributed by atoms with Gasteiger partial charge in [0.1, 0.15) is 66.7 Å². The predicted octanol–water partition coefficient (Wildman–Crippen LogP) is 1.58. The number of aromatic nitrogens is 6. The molecule has 4 aromatic rings.